The summed E-state index contributed by atoms with van der Waals surface area (Å²) in [4.78, 5) is 26.9. The molecular weight excluding hydrogens is 444 g/mol. The summed E-state index contributed by atoms with van der Waals surface area (Å²) in [5.41, 5.74) is 3.33. The Kier molecular flexibility index (Phi) is 5.99. The molecule has 2 heterocycles. The summed E-state index contributed by atoms with van der Waals surface area (Å²) in [5.74, 6) is 0.486. The number of nitrogens with zero attached hydrogens (tertiary/aromatic N) is 3. The van der Waals surface area contributed by atoms with Crippen LogP contribution in [0.15, 0.2) is 65.3 Å². The molecule has 1 aliphatic heterocycles. The molecule has 0 aliphatic carbocycles. The first kappa shape index (κ1) is 20.3. The lowest BCUT2D eigenvalue weighted by Crippen LogP contribution is -2.40. The smallest absolute Gasteiger partial charge is 0.227 e. The first-order valence-corrected chi connectivity index (χ1v) is 10.7. The average Bonchev–Trinajstić information content (AvgIpc) is 3.14. The topological polar surface area (TPSA) is 67.2 Å². The normalized spacial score (nSPS) is 15.5. The predicted octanol–water partition coefficient (Wildman–Crippen LogP) is 4.17. The number of hydrogen-bond acceptors (Lipinski definition) is 3. The predicted molar refractivity (Wildman–Crippen MR) is 119 cm³/mol. The molecule has 30 heavy (non-hydrogen) atoms. The maximum atomic E-state index is 12.9. The van der Waals surface area contributed by atoms with Crippen LogP contribution in [0.2, 0.25) is 0 Å². The van der Waals surface area contributed by atoms with E-state index in [1.807, 2.05) is 42.5 Å². The maximum Gasteiger partial charge on any atom is 0.227 e. The number of aromatic nitrogens is 2. The van der Waals surface area contributed by atoms with Crippen LogP contribution in [0.5, 0.6) is 0 Å². The Bertz CT molecular complexity index is 1080. The Morgan fingerprint density at radius 2 is 2.00 bits per heavy atom. The van der Waals surface area contributed by atoms with Crippen molar-refractivity contribution in [2.45, 2.75) is 32.4 Å². The molecule has 154 valence electrons. The highest BCUT2D eigenvalue weighted by molar-refractivity contribution is 9.10. The number of nitrogens with one attached hydrogen (secondary N) is 1. The van der Waals surface area contributed by atoms with Crippen molar-refractivity contribution in [2.75, 3.05) is 11.9 Å². The number of carbonyl (C=O) groups is 2. The van der Waals surface area contributed by atoms with E-state index < -0.39 is 0 Å². The highest BCUT2D eigenvalue weighted by Crippen LogP contribution is 2.32. The van der Waals surface area contributed by atoms with Crippen molar-refractivity contribution in [3.05, 3.63) is 82.0 Å². The fourth-order valence-electron chi connectivity index (χ4n) is 3.99. The van der Waals surface area contributed by atoms with Crippen molar-refractivity contribution in [3.8, 4) is 0 Å². The molecule has 2 aromatic carbocycles. The van der Waals surface area contributed by atoms with E-state index in [1.165, 1.54) is 5.56 Å². The molecule has 1 N–H and O–H groups in total. The third-order valence-electron chi connectivity index (χ3n) is 5.40. The second kappa shape index (κ2) is 8.83. The van der Waals surface area contributed by atoms with Gasteiger partial charge in [-0.05, 0) is 35.2 Å². The second-order valence-electron chi connectivity index (χ2n) is 7.43. The van der Waals surface area contributed by atoms with Gasteiger partial charge >= 0.3 is 0 Å². The molecule has 0 radical (unpaired) electrons. The minimum Gasteiger partial charge on any atom is -0.335 e. The number of halogens is 1. The van der Waals surface area contributed by atoms with E-state index in [0.29, 0.717) is 18.9 Å². The molecule has 0 spiro atoms. The highest BCUT2D eigenvalue weighted by atomic mass is 79.9. The molecule has 0 bridgehead atoms. The van der Waals surface area contributed by atoms with Gasteiger partial charge in [0.25, 0.3) is 0 Å². The van der Waals surface area contributed by atoms with Crippen molar-refractivity contribution in [3.63, 3.8) is 0 Å². The highest BCUT2D eigenvalue weighted by Gasteiger charge is 2.30. The van der Waals surface area contributed by atoms with Crippen molar-refractivity contribution < 1.29 is 9.59 Å². The Morgan fingerprint density at radius 3 is 2.80 bits per heavy atom. The van der Waals surface area contributed by atoms with Crippen LogP contribution in [0.1, 0.15) is 36.1 Å². The van der Waals surface area contributed by atoms with Gasteiger partial charge in [-0.3, -0.25) is 9.59 Å². The quantitative estimate of drug-likeness (QED) is 0.613. The lowest BCUT2D eigenvalue weighted by atomic mass is 9.90. The number of amides is 2. The van der Waals surface area contributed by atoms with Crippen molar-refractivity contribution in [2.24, 2.45) is 0 Å². The first-order chi connectivity index (χ1) is 14.5. The van der Waals surface area contributed by atoms with Crippen LogP contribution in [0.4, 0.5) is 5.82 Å². The molecular formula is C23H23BrN4O2. The number of carbonyl (C=O) groups excluding carboxylic acids is 2. The SMILES string of the molecule is CC(=O)N1CCc2ccccc2C1CC(=O)Nc1ccnn1Cc1cccc(Br)c1. The van der Waals surface area contributed by atoms with Gasteiger partial charge in [-0.25, -0.2) is 4.68 Å². The molecule has 1 aromatic heterocycles. The lowest BCUT2D eigenvalue weighted by molar-refractivity contribution is -0.132. The minimum atomic E-state index is -0.256. The molecule has 1 atom stereocenters. The number of benzene rings is 2. The van der Waals surface area contributed by atoms with Crippen LogP contribution in [-0.2, 0) is 22.6 Å². The molecule has 7 heteroatoms. The third kappa shape index (κ3) is 4.46. The van der Waals surface area contributed by atoms with E-state index >= 15 is 0 Å². The number of rotatable bonds is 5. The summed E-state index contributed by atoms with van der Waals surface area (Å²) < 4.78 is 2.76. The van der Waals surface area contributed by atoms with Gasteiger partial charge in [0, 0.05) is 24.0 Å². The van der Waals surface area contributed by atoms with Crippen molar-refractivity contribution >= 4 is 33.6 Å². The van der Waals surface area contributed by atoms with Gasteiger partial charge in [-0.15, -0.1) is 0 Å². The van der Waals surface area contributed by atoms with Gasteiger partial charge in [0.1, 0.15) is 5.82 Å². The van der Waals surface area contributed by atoms with Gasteiger partial charge in [-0.2, -0.15) is 5.10 Å². The van der Waals surface area contributed by atoms with Crippen LogP contribution in [0, 0.1) is 0 Å². The average molecular weight is 467 g/mol. The van der Waals surface area contributed by atoms with Gasteiger partial charge in [0.15, 0.2) is 0 Å². The third-order valence-corrected chi connectivity index (χ3v) is 5.89. The molecule has 4 rings (SSSR count). The largest absolute Gasteiger partial charge is 0.335 e. The van der Waals surface area contributed by atoms with Crippen LogP contribution in [-0.4, -0.2) is 33.0 Å². The minimum absolute atomic E-state index is 0.0120. The van der Waals surface area contributed by atoms with Gasteiger partial charge in [0.2, 0.25) is 11.8 Å². The van der Waals surface area contributed by atoms with Crippen LogP contribution < -0.4 is 5.32 Å². The Balaban J connectivity index is 1.50. The standard InChI is InChI=1S/C23H23BrN4O2/c1-16(29)27-12-10-18-6-2-3-8-20(18)21(27)14-23(30)26-22-9-11-25-28(22)15-17-5-4-7-19(24)13-17/h2-9,11,13,21H,10,12,14-15H2,1H3,(H,26,30). The van der Waals surface area contributed by atoms with E-state index in [1.54, 1.807) is 28.8 Å². The van der Waals surface area contributed by atoms with Gasteiger partial charge in [-0.1, -0.05) is 52.3 Å². The van der Waals surface area contributed by atoms with Crippen molar-refractivity contribution in [1.29, 1.82) is 0 Å². The Labute approximate surface area is 184 Å². The summed E-state index contributed by atoms with van der Waals surface area (Å²) in [6, 6.07) is 17.6. The molecule has 0 fully saturated rings. The number of anilines is 1. The summed E-state index contributed by atoms with van der Waals surface area (Å²) in [5, 5.41) is 7.32. The summed E-state index contributed by atoms with van der Waals surface area (Å²) in [7, 11) is 0. The monoisotopic (exact) mass is 466 g/mol. The number of fused-ring (bicyclic) bond motifs is 1. The van der Waals surface area contributed by atoms with E-state index in [4.69, 9.17) is 0 Å². The van der Waals surface area contributed by atoms with Gasteiger partial charge in [0.05, 0.1) is 25.2 Å². The van der Waals surface area contributed by atoms with Crippen LogP contribution >= 0.6 is 15.9 Å². The Morgan fingerprint density at radius 1 is 1.17 bits per heavy atom. The Hall–Kier alpha value is -2.93. The molecule has 6 nitrogen and oxygen atoms in total. The number of hydrogen-bond donors (Lipinski definition) is 1. The maximum absolute atomic E-state index is 12.9. The van der Waals surface area contributed by atoms with E-state index in [2.05, 4.69) is 32.4 Å². The van der Waals surface area contributed by atoms with Crippen LogP contribution in [0.3, 0.4) is 0 Å². The molecule has 2 amide bonds. The first-order valence-electron chi connectivity index (χ1n) is 9.92. The fraction of sp³-hybridized carbons (Fsp3) is 0.261. The summed E-state index contributed by atoms with van der Waals surface area (Å²) in [6.45, 7) is 2.74. The second-order valence-corrected chi connectivity index (χ2v) is 8.35. The molecule has 1 unspecified atom stereocenters. The summed E-state index contributed by atoms with van der Waals surface area (Å²) in [6.07, 6.45) is 2.69. The molecule has 0 saturated carbocycles. The van der Waals surface area contributed by atoms with E-state index in [0.717, 1.165) is 22.0 Å². The molecule has 1 aliphatic rings. The zero-order chi connectivity index (χ0) is 21.1. The van der Waals surface area contributed by atoms with Crippen molar-refractivity contribution in [1.82, 2.24) is 14.7 Å². The van der Waals surface area contributed by atoms with E-state index in [9.17, 15) is 9.59 Å². The van der Waals surface area contributed by atoms with Gasteiger partial charge < -0.3 is 10.2 Å². The lowest BCUT2D eigenvalue weighted by Gasteiger charge is -2.36. The molecule has 0 saturated heterocycles. The molecule has 3 aromatic rings. The zero-order valence-electron chi connectivity index (χ0n) is 16.7. The fourth-order valence-corrected chi connectivity index (χ4v) is 4.44. The van der Waals surface area contributed by atoms with Crippen LogP contribution in [0.25, 0.3) is 0 Å². The zero-order valence-corrected chi connectivity index (χ0v) is 18.3. The van der Waals surface area contributed by atoms with E-state index in [-0.39, 0.29) is 24.3 Å². The summed E-state index contributed by atoms with van der Waals surface area (Å²) >= 11 is 3.48.